The summed E-state index contributed by atoms with van der Waals surface area (Å²) in [6, 6.07) is 0. The zero-order valence-corrected chi connectivity index (χ0v) is 9.99. The van der Waals surface area contributed by atoms with Crippen LogP contribution in [0.25, 0.3) is 0 Å². The van der Waals surface area contributed by atoms with E-state index in [2.05, 4.69) is 10.1 Å². The average molecular weight is 231 g/mol. The van der Waals surface area contributed by atoms with Gasteiger partial charge in [0.25, 0.3) is 0 Å². The average Bonchev–Trinajstić information content (AvgIpc) is 2.32. The van der Waals surface area contributed by atoms with Crippen LogP contribution in [0.15, 0.2) is 11.6 Å². The topological polar surface area (TPSA) is 67.8 Å². The van der Waals surface area contributed by atoms with Crippen LogP contribution >= 0.6 is 0 Å². The summed E-state index contributed by atoms with van der Waals surface area (Å²) in [4.78, 5) is 11.2. The minimum Gasteiger partial charge on any atom is -0.466 e. The van der Waals surface area contributed by atoms with Crippen LogP contribution in [0.2, 0.25) is 0 Å². The molecule has 16 heavy (non-hydrogen) atoms. The van der Waals surface area contributed by atoms with Crippen LogP contribution in [0.5, 0.6) is 0 Å². The van der Waals surface area contributed by atoms with Crippen molar-refractivity contribution in [2.45, 2.75) is 13.3 Å². The van der Waals surface area contributed by atoms with Crippen LogP contribution in [-0.4, -0.2) is 51.1 Å². The van der Waals surface area contributed by atoms with E-state index in [1.807, 2.05) is 13.0 Å². The quantitative estimate of drug-likeness (QED) is 0.334. The van der Waals surface area contributed by atoms with Gasteiger partial charge in [-0.05, 0) is 6.42 Å². The molecule has 0 unspecified atom stereocenters. The maximum absolute atomic E-state index is 11.2. The van der Waals surface area contributed by atoms with E-state index >= 15 is 0 Å². The van der Waals surface area contributed by atoms with Gasteiger partial charge >= 0.3 is 5.97 Å². The Morgan fingerprint density at radius 1 is 1.44 bits per heavy atom. The molecule has 0 aliphatic carbocycles. The van der Waals surface area contributed by atoms with Gasteiger partial charge in [-0.3, -0.25) is 0 Å². The van der Waals surface area contributed by atoms with Gasteiger partial charge in [-0.25, -0.2) is 4.79 Å². The smallest absolute Gasteiger partial charge is 0.333 e. The van der Waals surface area contributed by atoms with Gasteiger partial charge in [-0.1, -0.05) is 13.0 Å². The second-order valence-corrected chi connectivity index (χ2v) is 3.11. The number of hydrogen-bond donors (Lipinski definition) is 2. The molecule has 94 valence electrons. The summed E-state index contributed by atoms with van der Waals surface area (Å²) in [7, 11) is 1.38. The number of carbonyl (C=O) groups excluding carboxylic acids is 1. The molecule has 0 aliphatic rings. The summed E-state index contributed by atoms with van der Waals surface area (Å²) in [6.45, 7) is 4.17. The Kier molecular flexibility index (Phi) is 10.00. The van der Waals surface area contributed by atoms with Crippen molar-refractivity contribution in [1.82, 2.24) is 5.32 Å². The molecule has 0 aromatic heterocycles. The highest BCUT2D eigenvalue weighted by Gasteiger charge is 2.05. The van der Waals surface area contributed by atoms with E-state index in [1.54, 1.807) is 0 Å². The van der Waals surface area contributed by atoms with Gasteiger partial charge in [0.15, 0.2) is 0 Å². The number of hydrogen-bond acceptors (Lipinski definition) is 5. The van der Waals surface area contributed by atoms with Gasteiger partial charge in [-0.2, -0.15) is 0 Å². The fourth-order valence-electron chi connectivity index (χ4n) is 1.11. The number of aliphatic hydroxyl groups is 1. The van der Waals surface area contributed by atoms with Gasteiger partial charge in [-0.15, -0.1) is 0 Å². The van der Waals surface area contributed by atoms with E-state index < -0.39 is 0 Å². The van der Waals surface area contributed by atoms with Crippen LogP contribution in [0.3, 0.4) is 0 Å². The summed E-state index contributed by atoms with van der Waals surface area (Å²) in [5.41, 5.74) is 0.672. The molecule has 5 heteroatoms. The van der Waals surface area contributed by atoms with Crippen LogP contribution in [-0.2, 0) is 14.3 Å². The summed E-state index contributed by atoms with van der Waals surface area (Å²) in [5, 5.41) is 11.6. The molecule has 0 saturated heterocycles. The van der Waals surface area contributed by atoms with Crippen molar-refractivity contribution in [3.05, 3.63) is 11.6 Å². The highest BCUT2D eigenvalue weighted by Crippen LogP contribution is 2.01. The second kappa shape index (κ2) is 10.6. The van der Waals surface area contributed by atoms with E-state index in [4.69, 9.17) is 9.84 Å². The molecule has 2 N–H and O–H groups in total. The Bertz CT molecular complexity index is 216. The fourth-order valence-corrected chi connectivity index (χ4v) is 1.11. The van der Waals surface area contributed by atoms with Crippen LogP contribution in [0.1, 0.15) is 13.3 Å². The molecule has 0 spiro atoms. The molecule has 0 radical (unpaired) electrons. The molecular weight excluding hydrogens is 210 g/mol. The first-order valence-electron chi connectivity index (χ1n) is 5.42. The van der Waals surface area contributed by atoms with Gasteiger partial charge in [0.05, 0.1) is 26.9 Å². The van der Waals surface area contributed by atoms with Crippen molar-refractivity contribution in [2.24, 2.45) is 0 Å². The minimum atomic E-state index is -0.277. The molecule has 0 atom stereocenters. The Labute approximate surface area is 96.4 Å². The fraction of sp³-hybridized carbons (Fsp3) is 0.727. The molecule has 0 aliphatic heterocycles. The van der Waals surface area contributed by atoms with Gasteiger partial charge in [0, 0.05) is 18.7 Å². The number of aliphatic hydroxyl groups excluding tert-OH is 1. The van der Waals surface area contributed by atoms with Crippen LogP contribution in [0, 0.1) is 0 Å². The monoisotopic (exact) mass is 231 g/mol. The zero-order chi connectivity index (χ0) is 12.2. The van der Waals surface area contributed by atoms with Gasteiger partial charge in [0.1, 0.15) is 0 Å². The second-order valence-electron chi connectivity index (χ2n) is 3.11. The third-order valence-corrected chi connectivity index (χ3v) is 1.98. The van der Waals surface area contributed by atoms with E-state index in [1.165, 1.54) is 7.11 Å². The standard InChI is InChI=1S/C11H21NO4/c1-3-10(11(14)15-2)4-5-12-6-8-16-9-7-13/h4,12-13H,3,5-9H2,1-2H3. The van der Waals surface area contributed by atoms with Crippen molar-refractivity contribution in [3.8, 4) is 0 Å². The molecule has 0 bridgehead atoms. The lowest BCUT2D eigenvalue weighted by Crippen LogP contribution is -2.21. The van der Waals surface area contributed by atoms with Gasteiger partial charge < -0.3 is 19.9 Å². The van der Waals surface area contributed by atoms with Crippen molar-refractivity contribution in [1.29, 1.82) is 0 Å². The molecule has 0 aromatic carbocycles. The van der Waals surface area contributed by atoms with E-state index in [9.17, 15) is 4.79 Å². The number of ether oxygens (including phenoxy) is 2. The zero-order valence-electron chi connectivity index (χ0n) is 9.99. The van der Waals surface area contributed by atoms with Crippen LogP contribution in [0.4, 0.5) is 0 Å². The highest BCUT2D eigenvalue weighted by atomic mass is 16.5. The lowest BCUT2D eigenvalue weighted by molar-refractivity contribution is -0.136. The Hall–Kier alpha value is -0.910. The summed E-state index contributed by atoms with van der Waals surface area (Å²) in [5.74, 6) is -0.277. The Morgan fingerprint density at radius 3 is 2.75 bits per heavy atom. The predicted molar refractivity (Wildman–Crippen MR) is 61.2 cm³/mol. The number of carbonyl (C=O) groups is 1. The molecule has 0 saturated carbocycles. The van der Waals surface area contributed by atoms with Crippen molar-refractivity contribution < 1.29 is 19.4 Å². The highest BCUT2D eigenvalue weighted by molar-refractivity contribution is 5.88. The molecule has 0 rings (SSSR count). The number of rotatable bonds is 9. The van der Waals surface area contributed by atoms with Crippen molar-refractivity contribution in [3.63, 3.8) is 0 Å². The molecule has 0 amide bonds. The Balaban J connectivity index is 3.60. The molecular formula is C11H21NO4. The third-order valence-electron chi connectivity index (χ3n) is 1.98. The lowest BCUT2D eigenvalue weighted by Gasteiger charge is -2.04. The minimum absolute atomic E-state index is 0.0439. The first-order chi connectivity index (χ1) is 7.76. The number of methoxy groups -OCH3 is 1. The van der Waals surface area contributed by atoms with Crippen molar-refractivity contribution >= 4 is 5.97 Å². The lowest BCUT2D eigenvalue weighted by atomic mass is 10.2. The van der Waals surface area contributed by atoms with E-state index in [0.717, 1.165) is 0 Å². The Morgan fingerprint density at radius 2 is 2.19 bits per heavy atom. The van der Waals surface area contributed by atoms with E-state index in [-0.39, 0.29) is 12.6 Å². The van der Waals surface area contributed by atoms with Crippen molar-refractivity contribution in [2.75, 3.05) is 40.0 Å². The molecule has 0 heterocycles. The third kappa shape index (κ3) is 7.39. The SMILES string of the molecule is CCC(=CCNCCOCCO)C(=O)OC. The van der Waals surface area contributed by atoms with Gasteiger partial charge in [0.2, 0.25) is 0 Å². The summed E-state index contributed by atoms with van der Waals surface area (Å²) >= 11 is 0. The number of nitrogens with one attached hydrogen (secondary N) is 1. The first-order valence-corrected chi connectivity index (χ1v) is 5.42. The molecule has 5 nitrogen and oxygen atoms in total. The molecule has 0 fully saturated rings. The summed E-state index contributed by atoms with van der Waals surface area (Å²) < 4.78 is 9.69. The summed E-state index contributed by atoms with van der Waals surface area (Å²) in [6.07, 6.45) is 2.48. The first kappa shape index (κ1) is 15.1. The number of esters is 1. The maximum atomic E-state index is 11.2. The molecule has 0 aromatic rings. The normalized spacial score (nSPS) is 11.6. The maximum Gasteiger partial charge on any atom is 0.333 e. The largest absolute Gasteiger partial charge is 0.466 e. The predicted octanol–water partition coefficient (Wildman–Crippen LogP) is 0.0943. The van der Waals surface area contributed by atoms with E-state index in [0.29, 0.717) is 38.3 Å². The van der Waals surface area contributed by atoms with Crippen LogP contribution < -0.4 is 5.32 Å².